The summed E-state index contributed by atoms with van der Waals surface area (Å²) in [6.07, 6.45) is 4.53. The van der Waals surface area contributed by atoms with Gasteiger partial charge in [-0.05, 0) is 43.0 Å². The minimum absolute atomic E-state index is 0.616. The van der Waals surface area contributed by atoms with Gasteiger partial charge in [0, 0.05) is 25.0 Å². The number of aryl methyl sites for hydroxylation is 1. The van der Waals surface area contributed by atoms with Gasteiger partial charge in [-0.2, -0.15) is 0 Å². The third-order valence-corrected chi connectivity index (χ3v) is 5.50. The molecule has 3 aromatic rings. The summed E-state index contributed by atoms with van der Waals surface area (Å²) in [6, 6.07) is 10.9. The summed E-state index contributed by atoms with van der Waals surface area (Å²) in [5.74, 6) is 0. The third kappa shape index (κ3) is 2.75. The summed E-state index contributed by atoms with van der Waals surface area (Å²) in [7, 11) is 0. The molecule has 1 aliphatic heterocycles. The lowest BCUT2D eigenvalue weighted by Gasteiger charge is -2.31. The fourth-order valence-electron chi connectivity index (χ4n) is 3.99. The highest BCUT2D eigenvalue weighted by Crippen LogP contribution is 2.34. The lowest BCUT2D eigenvalue weighted by molar-refractivity contribution is 0.237. The Balaban J connectivity index is 1.78. The van der Waals surface area contributed by atoms with Crippen molar-refractivity contribution in [2.24, 2.45) is 0 Å². The molecule has 4 heteroatoms. The number of rotatable bonds is 5. The largest absolute Gasteiger partial charge is 0.500 e. The molecule has 4 nitrogen and oxygen atoms in total. The average Bonchev–Trinajstić information content (AvgIpc) is 2.93. The summed E-state index contributed by atoms with van der Waals surface area (Å²) in [5.41, 5.74) is 8.97. The Bertz CT molecular complexity index is 957. The van der Waals surface area contributed by atoms with Gasteiger partial charge in [0.25, 0.3) is 0 Å². The van der Waals surface area contributed by atoms with Crippen LogP contribution in [0, 0.1) is 13.8 Å². The zero-order valence-electron chi connectivity index (χ0n) is 15.5. The lowest BCUT2D eigenvalue weighted by Crippen LogP contribution is -2.30. The van der Waals surface area contributed by atoms with Crippen LogP contribution in [0.3, 0.4) is 0 Å². The first-order chi connectivity index (χ1) is 12.7. The topological polar surface area (TPSA) is 30.3 Å². The summed E-state index contributed by atoms with van der Waals surface area (Å²) < 4.78 is 7.74. The van der Waals surface area contributed by atoms with Gasteiger partial charge in [0.2, 0.25) is 0 Å². The van der Waals surface area contributed by atoms with Gasteiger partial charge >= 0.3 is 0 Å². The molecule has 0 fully saturated rings. The van der Waals surface area contributed by atoms with E-state index in [1.165, 1.54) is 39.9 Å². The fraction of sp³-hybridized carbons (Fsp3) is 0.318. The van der Waals surface area contributed by atoms with Crippen molar-refractivity contribution < 1.29 is 4.74 Å². The van der Waals surface area contributed by atoms with E-state index >= 15 is 0 Å². The molecule has 0 saturated heterocycles. The maximum absolute atomic E-state index is 5.39. The fourth-order valence-corrected chi connectivity index (χ4v) is 3.99. The number of hydrogen-bond acceptors (Lipinski definition) is 3. The third-order valence-electron chi connectivity index (χ3n) is 5.50. The molecule has 0 N–H and O–H groups in total. The Morgan fingerprint density at radius 3 is 2.81 bits per heavy atom. The van der Waals surface area contributed by atoms with Crippen molar-refractivity contribution in [2.45, 2.75) is 33.4 Å². The van der Waals surface area contributed by atoms with Crippen LogP contribution in [0.2, 0.25) is 0 Å². The number of fused-ring (bicyclic) bond motifs is 2. The van der Waals surface area contributed by atoms with E-state index in [0.717, 1.165) is 31.6 Å². The first kappa shape index (κ1) is 16.7. The van der Waals surface area contributed by atoms with E-state index in [2.05, 4.69) is 65.2 Å². The molecule has 0 spiro atoms. The highest BCUT2D eigenvalue weighted by molar-refractivity contribution is 5.92. The van der Waals surface area contributed by atoms with Crippen LogP contribution in [-0.4, -0.2) is 22.7 Å². The van der Waals surface area contributed by atoms with E-state index in [4.69, 9.17) is 4.74 Å². The molecule has 0 amide bonds. The molecule has 134 valence electrons. The molecular weight excluding hydrogens is 322 g/mol. The minimum atomic E-state index is 0.616. The quantitative estimate of drug-likeness (QED) is 0.507. The molecule has 1 aromatic carbocycles. The molecule has 0 saturated carbocycles. The van der Waals surface area contributed by atoms with E-state index in [1.54, 1.807) is 0 Å². The molecule has 0 unspecified atom stereocenters. The number of ether oxygens (including phenoxy) is 1. The summed E-state index contributed by atoms with van der Waals surface area (Å²) in [6.45, 7) is 11.4. The second-order valence-corrected chi connectivity index (χ2v) is 6.87. The predicted molar refractivity (Wildman–Crippen MR) is 107 cm³/mol. The Morgan fingerprint density at radius 1 is 1.19 bits per heavy atom. The lowest BCUT2D eigenvalue weighted by atomic mass is 9.99. The Hall–Kier alpha value is -2.75. The van der Waals surface area contributed by atoms with Crippen LogP contribution in [0.1, 0.15) is 22.4 Å². The van der Waals surface area contributed by atoms with Crippen molar-refractivity contribution in [3.63, 3.8) is 0 Å². The second-order valence-electron chi connectivity index (χ2n) is 6.87. The zero-order valence-corrected chi connectivity index (χ0v) is 15.5. The molecule has 4 rings (SSSR count). The van der Waals surface area contributed by atoms with Crippen molar-refractivity contribution in [3.8, 4) is 0 Å². The van der Waals surface area contributed by atoms with Gasteiger partial charge in [0.1, 0.15) is 6.61 Å². The summed E-state index contributed by atoms with van der Waals surface area (Å²) >= 11 is 0. The van der Waals surface area contributed by atoms with Gasteiger partial charge in [0.15, 0.2) is 0 Å². The first-order valence-electron chi connectivity index (χ1n) is 9.19. The maximum Gasteiger partial charge on any atom is 0.105 e. The van der Waals surface area contributed by atoms with E-state index in [9.17, 15) is 0 Å². The molecule has 0 bridgehead atoms. The van der Waals surface area contributed by atoms with Gasteiger partial charge in [-0.1, -0.05) is 30.8 Å². The monoisotopic (exact) mass is 347 g/mol. The van der Waals surface area contributed by atoms with E-state index in [-0.39, 0.29) is 0 Å². The average molecular weight is 347 g/mol. The van der Waals surface area contributed by atoms with Crippen LogP contribution in [0.25, 0.3) is 11.0 Å². The highest BCUT2D eigenvalue weighted by atomic mass is 16.5. The number of pyridine rings is 1. The van der Waals surface area contributed by atoms with Crippen LogP contribution in [-0.2, 0) is 24.2 Å². The number of hydrogen-bond donors (Lipinski definition) is 0. The van der Waals surface area contributed by atoms with Crippen LogP contribution in [0.15, 0.2) is 49.4 Å². The van der Waals surface area contributed by atoms with Crippen molar-refractivity contribution in [2.75, 3.05) is 18.1 Å². The Kier molecular flexibility index (Phi) is 4.41. The summed E-state index contributed by atoms with van der Waals surface area (Å²) in [4.78, 5) is 7.16. The standard InChI is InChI=1S/C22H25N3O/c1-4-26-14-13-25-17(3)16(2)21-22(25)20(9-11-23-21)24-12-10-18-7-5-6-8-19(18)15-24/h4-9,11H,1,10,12-15H2,2-3H3. The Morgan fingerprint density at radius 2 is 2.00 bits per heavy atom. The van der Waals surface area contributed by atoms with Crippen LogP contribution in [0.5, 0.6) is 0 Å². The van der Waals surface area contributed by atoms with E-state index in [0.29, 0.717) is 6.61 Å². The van der Waals surface area contributed by atoms with Gasteiger partial charge in [-0.3, -0.25) is 4.98 Å². The second kappa shape index (κ2) is 6.87. The zero-order chi connectivity index (χ0) is 18.1. The normalized spacial score (nSPS) is 13.7. The maximum atomic E-state index is 5.39. The molecule has 2 aromatic heterocycles. The summed E-state index contributed by atoms with van der Waals surface area (Å²) in [5, 5.41) is 0. The molecule has 26 heavy (non-hydrogen) atoms. The van der Waals surface area contributed by atoms with Crippen LogP contribution >= 0.6 is 0 Å². The molecular formula is C22H25N3O. The van der Waals surface area contributed by atoms with Crippen LogP contribution in [0.4, 0.5) is 5.69 Å². The first-order valence-corrected chi connectivity index (χ1v) is 9.19. The van der Waals surface area contributed by atoms with Crippen molar-refractivity contribution in [1.82, 2.24) is 9.55 Å². The molecule has 0 radical (unpaired) electrons. The van der Waals surface area contributed by atoms with Crippen molar-refractivity contribution >= 4 is 16.7 Å². The molecule has 1 aliphatic rings. The molecule has 0 atom stereocenters. The SMILES string of the molecule is C=COCCn1c(C)c(C)c2nccc(N3CCc4ccccc4C3)c21. The van der Waals surface area contributed by atoms with Gasteiger partial charge in [0.05, 0.1) is 29.5 Å². The van der Waals surface area contributed by atoms with E-state index < -0.39 is 0 Å². The predicted octanol–water partition coefficient (Wildman–Crippen LogP) is 4.38. The minimum Gasteiger partial charge on any atom is -0.500 e. The number of aromatic nitrogens is 2. The van der Waals surface area contributed by atoms with Gasteiger partial charge < -0.3 is 14.2 Å². The van der Waals surface area contributed by atoms with Crippen molar-refractivity contribution in [1.29, 1.82) is 0 Å². The van der Waals surface area contributed by atoms with E-state index in [1.807, 2.05) is 6.20 Å². The highest BCUT2D eigenvalue weighted by Gasteiger charge is 2.22. The smallest absolute Gasteiger partial charge is 0.105 e. The van der Waals surface area contributed by atoms with Gasteiger partial charge in [-0.25, -0.2) is 0 Å². The van der Waals surface area contributed by atoms with Gasteiger partial charge in [-0.15, -0.1) is 0 Å². The number of benzene rings is 1. The van der Waals surface area contributed by atoms with Crippen molar-refractivity contribution in [3.05, 3.63) is 71.8 Å². The number of anilines is 1. The molecule has 3 heterocycles. The molecule has 0 aliphatic carbocycles. The van der Waals surface area contributed by atoms with Crippen LogP contribution < -0.4 is 4.90 Å². The Labute approximate surface area is 154 Å². The number of nitrogens with zero attached hydrogens (tertiary/aromatic N) is 3.